The van der Waals surface area contributed by atoms with E-state index in [1.165, 1.54) is 0 Å². The van der Waals surface area contributed by atoms with Crippen molar-refractivity contribution in [1.29, 1.82) is 0 Å². The number of hydrogen-bond donors (Lipinski definition) is 2. The molecule has 0 saturated carbocycles. The highest BCUT2D eigenvalue weighted by molar-refractivity contribution is 7.92. The number of hydrogen-bond acceptors (Lipinski definition) is 4. The van der Waals surface area contributed by atoms with Gasteiger partial charge in [0, 0.05) is 6.61 Å². The van der Waals surface area contributed by atoms with Crippen LogP contribution in [0.15, 0.2) is 0 Å². The third-order valence-electron chi connectivity index (χ3n) is 1.18. The first-order valence-electron chi connectivity index (χ1n) is 3.36. The van der Waals surface area contributed by atoms with E-state index < -0.39 is 20.9 Å². The van der Waals surface area contributed by atoms with E-state index in [2.05, 4.69) is 0 Å². The third kappa shape index (κ3) is 6.71. The molecule has 2 N–H and O–H groups in total. The van der Waals surface area contributed by atoms with Crippen LogP contribution in [0.2, 0.25) is 0 Å². The maximum atomic E-state index is 10.9. The van der Waals surface area contributed by atoms with E-state index in [0.717, 1.165) is 0 Å². The molecule has 0 aliphatic carbocycles. The second-order valence-corrected chi connectivity index (χ2v) is 5.61. The second kappa shape index (κ2) is 5.63. The van der Waals surface area contributed by atoms with Crippen molar-refractivity contribution in [1.82, 2.24) is 0 Å². The average molecular weight is 216 g/mol. The summed E-state index contributed by atoms with van der Waals surface area (Å²) in [5.74, 6) is -0.676. The van der Waals surface area contributed by atoms with Gasteiger partial charge in [0.05, 0.1) is 17.3 Å². The van der Waals surface area contributed by atoms with Crippen LogP contribution in [-0.4, -0.2) is 46.2 Å². The Bertz CT molecular complexity index is 232. The monoisotopic (exact) mass is 216 g/mol. The minimum absolute atomic E-state index is 0.124. The van der Waals surface area contributed by atoms with Gasteiger partial charge in [-0.25, -0.2) is 12.6 Å². The van der Waals surface area contributed by atoms with Gasteiger partial charge in [0.15, 0.2) is 20.9 Å². The van der Waals surface area contributed by atoms with Crippen LogP contribution in [0.3, 0.4) is 0 Å². The summed E-state index contributed by atoms with van der Waals surface area (Å²) in [6.45, 7) is -0.179. The van der Waals surface area contributed by atoms with Crippen LogP contribution in [0, 0.1) is 0 Å². The first-order chi connectivity index (χ1) is 5.48. The van der Waals surface area contributed by atoms with Gasteiger partial charge in [0.25, 0.3) is 0 Å². The van der Waals surface area contributed by atoms with Crippen LogP contribution in [0.4, 0.5) is 0 Å². The highest BCUT2D eigenvalue weighted by Crippen LogP contribution is 1.94. The van der Waals surface area contributed by atoms with Crippen molar-refractivity contribution in [2.75, 3.05) is 23.9 Å². The van der Waals surface area contributed by atoms with E-state index in [0.29, 0.717) is 0 Å². The topological polar surface area (TPSA) is 91.7 Å². The van der Waals surface area contributed by atoms with Gasteiger partial charge in [0.1, 0.15) is 0 Å². The van der Waals surface area contributed by atoms with Gasteiger partial charge in [0.2, 0.25) is 0 Å². The molecule has 0 aromatic heterocycles. The lowest BCUT2D eigenvalue weighted by molar-refractivity contribution is 0.295. The van der Waals surface area contributed by atoms with Crippen molar-refractivity contribution in [2.45, 2.75) is 6.42 Å². The molecule has 5 nitrogen and oxygen atoms in total. The predicted molar refractivity (Wildman–Crippen MR) is 46.0 cm³/mol. The largest absolute Gasteiger partial charge is 0.396 e. The first kappa shape index (κ1) is 12.0. The fourth-order valence-corrected chi connectivity index (χ4v) is 2.94. The van der Waals surface area contributed by atoms with Gasteiger partial charge < -0.3 is 9.66 Å². The minimum Gasteiger partial charge on any atom is -0.396 e. The average Bonchev–Trinajstić information content (AvgIpc) is 1.98. The number of rotatable bonds is 6. The fourth-order valence-electron chi connectivity index (χ4n) is 0.585. The number of aliphatic hydroxyl groups excluding tert-OH is 1. The lowest BCUT2D eigenvalue weighted by Gasteiger charge is -1.99. The van der Waals surface area contributed by atoms with Gasteiger partial charge in [-0.1, -0.05) is 0 Å². The molecule has 0 fully saturated rings. The van der Waals surface area contributed by atoms with E-state index >= 15 is 0 Å². The summed E-state index contributed by atoms with van der Waals surface area (Å²) in [4.78, 5) is 0. The molecule has 0 amide bonds. The van der Waals surface area contributed by atoms with Gasteiger partial charge in [-0.15, -0.1) is 0 Å². The smallest absolute Gasteiger partial charge is 0.153 e. The molecular formula is C5H12O5S2. The minimum atomic E-state index is -3.25. The molecule has 1 unspecified atom stereocenters. The molecule has 1 atom stereocenters. The van der Waals surface area contributed by atoms with Gasteiger partial charge >= 0.3 is 0 Å². The molecular weight excluding hydrogens is 204 g/mol. The maximum absolute atomic E-state index is 10.9. The normalized spacial score (nSPS) is 14.5. The van der Waals surface area contributed by atoms with Crippen LogP contribution in [0.5, 0.6) is 0 Å². The summed E-state index contributed by atoms with van der Waals surface area (Å²) in [5, 5.41) is 8.33. The molecule has 7 heteroatoms. The zero-order valence-corrected chi connectivity index (χ0v) is 8.10. The molecule has 0 aliphatic rings. The van der Waals surface area contributed by atoms with E-state index in [9.17, 15) is 12.6 Å². The summed E-state index contributed by atoms with van der Waals surface area (Å²) in [6, 6.07) is 0. The van der Waals surface area contributed by atoms with Crippen molar-refractivity contribution < 1.29 is 22.3 Å². The van der Waals surface area contributed by atoms with Crippen molar-refractivity contribution in [3.8, 4) is 0 Å². The quantitative estimate of drug-likeness (QED) is 0.556. The van der Waals surface area contributed by atoms with E-state index in [4.69, 9.17) is 9.66 Å². The summed E-state index contributed by atoms with van der Waals surface area (Å²) >= 11 is -2.06. The fraction of sp³-hybridized carbons (Fsp3) is 1.00. The van der Waals surface area contributed by atoms with Crippen LogP contribution in [-0.2, 0) is 20.9 Å². The predicted octanol–water partition coefficient (Wildman–Crippen LogP) is -0.995. The molecule has 0 radical (unpaired) electrons. The molecule has 0 rings (SSSR count). The Morgan fingerprint density at radius 3 is 2.25 bits per heavy atom. The standard InChI is InChI=1S/C5H12O5S2/c6-2-1-4-12(9,10)5-3-11(7)8/h6H,1-5H2,(H,7,8). The lowest BCUT2D eigenvalue weighted by Crippen LogP contribution is -2.16. The summed E-state index contributed by atoms with van der Waals surface area (Å²) in [5.41, 5.74) is 0. The Morgan fingerprint density at radius 1 is 1.25 bits per heavy atom. The van der Waals surface area contributed by atoms with E-state index in [1.807, 2.05) is 0 Å². The van der Waals surface area contributed by atoms with Crippen LogP contribution < -0.4 is 0 Å². The molecule has 0 heterocycles. The Labute approximate surface area is 74.0 Å². The molecule has 0 bridgehead atoms. The Hall–Kier alpha value is 0.0200. The Balaban J connectivity index is 3.80. The van der Waals surface area contributed by atoms with Gasteiger partial charge in [-0.05, 0) is 6.42 Å². The first-order valence-corrected chi connectivity index (χ1v) is 6.46. The molecule has 0 aromatic carbocycles. The van der Waals surface area contributed by atoms with Crippen molar-refractivity contribution in [3.05, 3.63) is 0 Å². The summed E-state index contributed by atoms with van der Waals surface area (Å²) in [6.07, 6.45) is 0.181. The van der Waals surface area contributed by atoms with Crippen molar-refractivity contribution in [2.24, 2.45) is 0 Å². The molecule has 74 valence electrons. The molecule has 12 heavy (non-hydrogen) atoms. The van der Waals surface area contributed by atoms with E-state index in [1.54, 1.807) is 0 Å². The van der Waals surface area contributed by atoms with Crippen LogP contribution in [0.1, 0.15) is 6.42 Å². The summed E-state index contributed by atoms with van der Waals surface area (Å²) in [7, 11) is -3.25. The van der Waals surface area contributed by atoms with Crippen LogP contribution in [0.25, 0.3) is 0 Å². The van der Waals surface area contributed by atoms with Crippen molar-refractivity contribution >= 4 is 20.9 Å². The lowest BCUT2D eigenvalue weighted by atomic mass is 10.5. The number of sulfone groups is 1. The number of aliphatic hydroxyl groups is 1. The van der Waals surface area contributed by atoms with Gasteiger partial charge in [-0.3, -0.25) is 0 Å². The molecule has 0 saturated heterocycles. The SMILES string of the molecule is O=S(O)CCS(=O)(=O)CCCO. The van der Waals surface area contributed by atoms with Crippen LogP contribution >= 0.6 is 0 Å². The van der Waals surface area contributed by atoms with Gasteiger partial charge in [-0.2, -0.15) is 0 Å². The highest BCUT2D eigenvalue weighted by Gasteiger charge is 2.11. The third-order valence-corrected chi connectivity index (χ3v) is 3.73. The maximum Gasteiger partial charge on any atom is 0.153 e. The molecule has 0 spiro atoms. The Morgan fingerprint density at radius 2 is 1.83 bits per heavy atom. The molecule has 0 aliphatic heterocycles. The van der Waals surface area contributed by atoms with E-state index in [-0.39, 0.29) is 30.3 Å². The zero-order valence-electron chi connectivity index (χ0n) is 6.47. The van der Waals surface area contributed by atoms with Crippen molar-refractivity contribution in [3.63, 3.8) is 0 Å². The summed E-state index contributed by atoms with van der Waals surface area (Å²) < 4.78 is 40.3. The zero-order chi connectivity index (χ0) is 9.61. The second-order valence-electron chi connectivity index (χ2n) is 2.25. The highest BCUT2D eigenvalue weighted by atomic mass is 32.2. The molecule has 0 aromatic rings. The Kier molecular flexibility index (Phi) is 5.64.